The molecule has 0 aromatic carbocycles. The SMILES string of the molecule is CC1CC1c1nc2c(s1)CCCC2N. The highest BCUT2D eigenvalue weighted by Crippen LogP contribution is 2.49. The number of fused-ring (bicyclic) bond motifs is 1. The molecule has 0 amide bonds. The molecule has 2 aliphatic rings. The van der Waals surface area contributed by atoms with Gasteiger partial charge in [-0.15, -0.1) is 11.3 Å². The summed E-state index contributed by atoms with van der Waals surface area (Å²) in [7, 11) is 0. The number of aryl methyl sites for hydroxylation is 1. The van der Waals surface area contributed by atoms with E-state index in [1.165, 1.54) is 34.8 Å². The molecule has 0 radical (unpaired) electrons. The van der Waals surface area contributed by atoms with Crippen molar-refractivity contribution in [3.63, 3.8) is 0 Å². The van der Waals surface area contributed by atoms with Crippen LogP contribution in [0.15, 0.2) is 0 Å². The lowest BCUT2D eigenvalue weighted by Gasteiger charge is -2.15. The molecule has 0 saturated heterocycles. The molecule has 14 heavy (non-hydrogen) atoms. The molecule has 1 saturated carbocycles. The van der Waals surface area contributed by atoms with Gasteiger partial charge in [-0.25, -0.2) is 4.98 Å². The zero-order valence-electron chi connectivity index (χ0n) is 8.49. The molecule has 76 valence electrons. The number of aromatic nitrogens is 1. The van der Waals surface area contributed by atoms with Gasteiger partial charge < -0.3 is 5.73 Å². The van der Waals surface area contributed by atoms with Crippen molar-refractivity contribution in [1.29, 1.82) is 0 Å². The van der Waals surface area contributed by atoms with Gasteiger partial charge in [0, 0.05) is 16.8 Å². The topological polar surface area (TPSA) is 38.9 Å². The Balaban J connectivity index is 1.94. The Morgan fingerprint density at radius 2 is 2.29 bits per heavy atom. The third-order valence-electron chi connectivity index (χ3n) is 3.44. The van der Waals surface area contributed by atoms with Crippen LogP contribution in [0.2, 0.25) is 0 Å². The first-order valence-corrected chi connectivity index (χ1v) is 6.32. The first-order chi connectivity index (χ1) is 6.75. The number of nitrogens with zero attached hydrogens (tertiary/aromatic N) is 1. The molecule has 1 fully saturated rings. The van der Waals surface area contributed by atoms with Crippen LogP contribution in [0.25, 0.3) is 0 Å². The average molecular weight is 208 g/mol. The molecule has 1 heterocycles. The number of rotatable bonds is 1. The number of hydrogen-bond donors (Lipinski definition) is 1. The molecule has 1 aromatic heterocycles. The Labute approximate surface area is 88.5 Å². The molecule has 3 rings (SSSR count). The molecule has 3 unspecified atom stereocenters. The minimum absolute atomic E-state index is 0.220. The van der Waals surface area contributed by atoms with Crippen molar-refractivity contribution in [3.8, 4) is 0 Å². The summed E-state index contributed by atoms with van der Waals surface area (Å²) in [6.07, 6.45) is 4.91. The fourth-order valence-electron chi connectivity index (χ4n) is 2.30. The third kappa shape index (κ3) is 1.30. The van der Waals surface area contributed by atoms with Crippen molar-refractivity contribution in [2.24, 2.45) is 11.7 Å². The standard InChI is InChI=1S/C11H16N2S/c1-6-5-7(6)11-13-10-8(12)3-2-4-9(10)14-11/h6-8H,2-5,12H2,1H3. The third-order valence-corrected chi connectivity index (χ3v) is 4.70. The van der Waals surface area contributed by atoms with Crippen LogP contribution in [0.4, 0.5) is 0 Å². The quantitative estimate of drug-likeness (QED) is 0.770. The first kappa shape index (κ1) is 8.86. The zero-order valence-corrected chi connectivity index (χ0v) is 9.31. The lowest BCUT2D eigenvalue weighted by atomic mass is 9.99. The summed E-state index contributed by atoms with van der Waals surface area (Å²) in [5.41, 5.74) is 7.28. The van der Waals surface area contributed by atoms with Gasteiger partial charge in [0.2, 0.25) is 0 Å². The minimum Gasteiger partial charge on any atom is -0.323 e. The van der Waals surface area contributed by atoms with E-state index in [-0.39, 0.29) is 6.04 Å². The summed E-state index contributed by atoms with van der Waals surface area (Å²) < 4.78 is 0. The molecule has 2 nitrogen and oxygen atoms in total. The van der Waals surface area contributed by atoms with Gasteiger partial charge in [0.15, 0.2) is 0 Å². The van der Waals surface area contributed by atoms with Crippen LogP contribution >= 0.6 is 11.3 Å². The largest absolute Gasteiger partial charge is 0.323 e. The Bertz CT molecular complexity index is 358. The highest BCUT2D eigenvalue weighted by molar-refractivity contribution is 7.11. The van der Waals surface area contributed by atoms with Gasteiger partial charge in [0.1, 0.15) is 0 Å². The fraction of sp³-hybridized carbons (Fsp3) is 0.727. The summed E-state index contributed by atoms with van der Waals surface area (Å²) in [4.78, 5) is 6.21. The molecule has 0 aliphatic heterocycles. The normalized spacial score (nSPS) is 35.4. The fourth-order valence-corrected chi connectivity index (χ4v) is 3.72. The van der Waals surface area contributed by atoms with Gasteiger partial charge in [-0.05, 0) is 31.6 Å². The van der Waals surface area contributed by atoms with Crippen molar-refractivity contribution < 1.29 is 0 Å². The summed E-state index contributed by atoms with van der Waals surface area (Å²) in [6.45, 7) is 2.31. The molecule has 3 atom stereocenters. The number of nitrogens with two attached hydrogens (primary N) is 1. The summed E-state index contributed by atoms with van der Waals surface area (Å²) in [5, 5.41) is 1.36. The number of hydrogen-bond acceptors (Lipinski definition) is 3. The second-order valence-corrected chi connectivity index (χ2v) is 5.79. The van der Waals surface area contributed by atoms with Crippen molar-refractivity contribution >= 4 is 11.3 Å². The molecule has 0 spiro atoms. The van der Waals surface area contributed by atoms with Gasteiger partial charge in [-0.1, -0.05) is 6.92 Å². The zero-order chi connectivity index (χ0) is 9.71. The van der Waals surface area contributed by atoms with Gasteiger partial charge in [-0.2, -0.15) is 0 Å². The minimum atomic E-state index is 0.220. The molecular formula is C11H16N2S. The van der Waals surface area contributed by atoms with E-state index in [0.29, 0.717) is 0 Å². The number of thiazole rings is 1. The molecule has 0 bridgehead atoms. The maximum Gasteiger partial charge on any atom is 0.0965 e. The van der Waals surface area contributed by atoms with E-state index in [9.17, 15) is 0 Å². The monoisotopic (exact) mass is 208 g/mol. The van der Waals surface area contributed by atoms with Gasteiger partial charge >= 0.3 is 0 Å². The van der Waals surface area contributed by atoms with E-state index in [4.69, 9.17) is 10.7 Å². The predicted octanol–water partition coefficient (Wildman–Crippen LogP) is 2.60. The maximum absolute atomic E-state index is 6.06. The van der Waals surface area contributed by atoms with E-state index < -0.39 is 0 Å². The van der Waals surface area contributed by atoms with E-state index in [1.807, 2.05) is 11.3 Å². The van der Waals surface area contributed by atoms with E-state index in [0.717, 1.165) is 18.3 Å². The van der Waals surface area contributed by atoms with Crippen LogP contribution in [-0.2, 0) is 6.42 Å². The lowest BCUT2D eigenvalue weighted by molar-refractivity contribution is 0.562. The van der Waals surface area contributed by atoms with Crippen molar-refractivity contribution in [1.82, 2.24) is 4.98 Å². The highest BCUT2D eigenvalue weighted by Gasteiger charge is 2.37. The Kier molecular flexibility index (Phi) is 1.92. The molecule has 2 N–H and O–H groups in total. The predicted molar refractivity (Wildman–Crippen MR) is 58.5 cm³/mol. The van der Waals surface area contributed by atoms with Crippen molar-refractivity contribution in [2.45, 2.75) is 44.6 Å². The van der Waals surface area contributed by atoms with Crippen LogP contribution in [0, 0.1) is 5.92 Å². The summed E-state index contributed by atoms with van der Waals surface area (Å²) in [5.74, 6) is 1.62. The highest BCUT2D eigenvalue weighted by atomic mass is 32.1. The summed E-state index contributed by atoms with van der Waals surface area (Å²) >= 11 is 1.92. The van der Waals surface area contributed by atoms with Crippen LogP contribution in [0.5, 0.6) is 0 Å². The molecular weight excluding hydrogens is 192 g/mol. The van der Waals surface area contributed by atoms with Gasteiger partial charge in [0.05, 0.1) is 10.7 Å². The van der Waals surface area contributed by atoms with E-state index in [2.05, 4.69) is 6.92 Å². The van der Waals surface area contributed by atoms with Crippen LogP contribution in [0.3, 0.4) is 0 Å². The second kappa shape index (κ2) is 3.04. The van der Waals surface area contributed by atoms with Gasteiger partial charge in [-0.3, -0.25) is 0 Å². The second-order valence-electron chi connectivity index (χ2n) is 4.68. The first-order valence-electron chi connectivity index (χ1n) is 5.51. The van der Waals surface area contributed by atoms with Crippen LogP contribution in [-0.4, -0.2) is 4.98 Å². The van der Waals surface area contributed by atoms with Crippen LogP contribution in [0.1, 0.15) is 53.7 Å². The lowest BCUT2D eigenvalue weighted by Crippen LogP contribution is -2.16. The van der Waals surface area contributed by atoms with Crippen molar-refractivity contribution in [3.05, 3.63) is 15.6 Å². The van der Waals surface area contributed by atoms with Crippen molar-refractivity contribution in [2.75, 3.05) is 0 Å². The Morgan fingerprint density at radius 1 is 1.50 bits per heavy atom. The molecule has 2 aliphatic carbocycles. The van der Waals surface area contributed by atoms with E-state index in [1.54, 1.807) is 0 Å². The molecule has 3 heteroatoms. The Morgan fingerprint density at radius 3 is 2.93 bits per heavy atom. The van der Waals surface area contributed by atoms with Gasteiger partial charge in [0.25, 0.3) is 0 Å². The average Bonchev–Trinajstić information content (AvgIpc) is 2.75. The molecule has 1 aromatic rings. The Hall–Kier alpha value is -0.410. The van der Waals surface area contributed by atoms with Crippen LogP contribution < -0.4 is 5.73 Å². The maximum atomic E-state index is 6.06. The van der Waals surface area contributed by atoms with E-state index >= 15 is 0 Å². The smallest absolute Gasteiger partial charge is 0.0965 e. The summed E-state index contributed by atoms with van der Waals surface area (Å²) in [6, 6.07) is 0.220.